The first kappa shape index (κ1) is 6.66. The summed E-state index contributed by atoms with van der Waals surface area (Å²) >= 11 is 0. The molecule has 10 heavy (non-hydrogen) atoms. The van der Waals surface area contributed by atoms with Gasteiger partial charge in [0.05, 0.1) is 0 Å². The average Bonchev–Trinajstić information content (AvgIpc) is 2.33. The number of hydrogen-bond acceptors (Lipinski definition) is 1. The second-order valence-electron chi connectivity index (χ2n) is 4.10. The Morgan fingerprint density at radius 3 is 2.80 bits per heavy atom. The lowest BCUT2D eigenvalue weighted by molar-refractivity contribution is 0.238. The van der Waals surface area contributed by atoms with Crippen molar-refractivity contribution in [2.75, 3.05) is 13.1 Å². The molecule has 1 aliphatic heterocycles. The predicted octanol–water partition coefficient (Wildman–Crippen LogP) is 1.64. The molecule has 1 saturated heterocycles. The van der Waals surface area contributed by atoms with Crippen LogP contribution < -0.4 is 5.32 Å². The molecule has 0 amide bonds. The number of nitrogens with one attached hydrogen (secondary N) is 1. The van der Waals surface area contributed by atoms with Crippen molar-refractivity contribution in [3.63, 3.8) is 0 Å². The van der Waals surface area contributed by atoms with Crippen LogP contribution in [0, 0.1) is 17.8 Å². The first-order valence-electron chi connectivity index (χ1n) is 4.57. The van der Waals surface area contributed by atoms with E-state index in [0.29, 0.717) is 0 Å². The van der Waals surface area contributed by atoms with Crippen LogP contribution in [0.15, 0.2) is 0 Å². The van der Waals surface area contributed by atoms with Gasteiger partial charge in [0.1, 0.15) is 0 Å². The Morgan fingerprint density at radius 1 is 1.10 bits per heavy atom. The van der Waals surface area contributed by atoms with E-state index in [1.807, 2.05) is 0 Å². The topological polar surface area (TPSA) is 12.0 Å². The van der Waals surface area contributed by atoms with Crippen LogP contribution in [0.4, 0.5) is 0 Å². The van der Waals surface area contributed by atoms with Crippen LogP contribution in [0.1, 0.15) is 26.2 Å². The lowest BCUT2D eigenvalue weighted by atomic mass is 9.77. The molecule has 58 valence electrons. The highest BCUT2D eigenvalue weighted by atomic mass is 14.9. The molecule has 0 aromatic carbocycles. The lowest BCUT2D eigenvalue weighted by Gasteiger charge is -2.28. The van der Waals surface area contributed by atoms with Gasteiger partial charge in [-0.25, -0.2) is 0 Å². The lowest BCUT2D eigenvalue weighted by Crippen LogP contribution is -2.21. The SMILES string of the molecule is CC1CC[C@@H]2CNC[C@H]2C1. The van der Waals surface area contributed by atoms with Crippen molar-refractivity contribution in [2.45, 2.75) is 26.2 Å². The molecule has 0 bridgehead atoms. The Bertz CT molecular complexity index is 122. The predicted molar refractivity (Wildman–Crippen MR) is 42.9 cm³/mol. The van der Waals surface area contributed by atoms with Crippen LogP contribution in [0.25, 0.3) is 0 Å². The van der Waals surface area contributed by atoms with E-state index in [1.54, 1.807) is 0 Å². The first-order valence-corrected chi connectivity index (χ1v) is 4.57. The fourth-order valence-corrected chi connectivity index (χ4v) is 2.53. The Kier molecular flexibility index (Phi) is 1.69. The van der Waals surface area contributed by atoms with Crippen LogP contribution in [0.3, 0.4) is 0 Å². The van der Waals surface area contributed by atoms with Gasteiger partial charge in [-0.15, -0.1) is 0 Å². The van der Waals surface area contributed by atoms with Crippen LogP contribution >= 0.6 is 0 Å². The Hall–Kier alpha value is -0.0400. The Labute approximate surface area is 63.2 Å². The van der Waals surface area contributed by atoms with E-state index in [4.69, 9.17) is 0 Å². The third kappa shape index (κ3) is 1.07. The summed E-state index contributed by atoms with van der Waals surface area (Å²) in [5, 5.41) is 3.48. The third-order valence-corrected chi connectivity index (χ3v) is 3.22. The zero-order valence-corrected chi connectivity index (χ0v) is 6.77. The van der Waals surface area contributed by atoms with Gasteiger partial charge in [0.15, 0.2) is 0 Å². The number of rotatable bonds is 0. The first-order chi connectivity index (χ1) is 4.86. The van der Waals surface area contributed by atoms with Gasteiger partial charge < -0.3 is 5.32 Å². The van der Waals surface area contributed by atoms with E-state index in [-0.39, 0.29) is 0 Å². The molecule has 1 aliphatic carbocycles. The summed E-state index contributed by atoms with van der Waals surface area (Å²) in [5.41, 5.74) is 0. The van der Waals surface area contributed by atoms with E-state index in [9.17, 15) is 0 Å². The molecule has 2 fully saturated rings. The Morgan fingerprint density at radius 2 is 1.90 bits per heavy atom. The van der Waals surface area contributed by atoms with Gasteiger partial charge in [-0.2, -0.15) is 0 Å². The van der Waals surface area contributed by atoms with Crippen LogP contribution in [-0.2, 0) is 0 Å². The molecule has 2 rings (SSSR count). The van der Waals surface area contributed by atoms with E-state index >= 15 is 0 Å². The molecule has 1 N–H and O–H groups in total. The van der Waals surface area contributed by atoms with Crippen LogP contribution in [0.2, 0.25) is 0 Å². The van der Waals surface area contributed by atoms with E-state index < -0.39 is 0 Å². The van der Waals surface area contributed by atoms with Crippen molar-refractivity contribution in [1.29, 1.82) is 0 Å². The van der Waals surface area contributed by atoms with E-state index in [0.717, 1.165) is 17.8 Å². The van der Waals surface area contributed by atoms with Crippen molar-refractivity contribution in [3.05, 3.63) is 0 Å². The molecule has 0 aromatic rings. The number of hydrogen-bond donors (Lipinski definition) is 1. The second-order valence-corrected chi connectivity index (χ2v) is 4.10. The molecule has 0 aromatic heterocycles. The van der Waals surface area contributed by atoms with Gasteiger partial charge >= 0.3 is 0 Å². The normalized spacial score (nSPS) is 47.1. The summed E-state index contributed by atoms with van der Waals surface area (Å²) in [6.07, 6.45) is 4.44. The van der Waals surface area contributed by atoms with Crippen LogP contribution in [-0.4, -0.2) is 13.1 Å². The zero-order chi connectivity index (χ0) is 6.97. The maximum Gasteiger partial charge on any atom is -0.00172 e. The summed E-state index contributed by atoms with van der Waals surface area (Å²) in [6.45, 7) is 5.00. The molecule has 2 aliphatic rings. The molecule has 1 unspecified atom stereocenters. The highest BCUT2D eigenvalue weighted by Crippen LogP contribution is 2.35. The summed E-state index contributed by atoms with van der Waals surface area (Å²) in [4.78, 5) is 0. The highest BCUT2D eigenvalue weighted by molar-refractivity contribution is 4.86. The highest BCUT2D eigenvalue weighted by Gasteiger charge is 2.31. The van der Waals surface area contributed by atoms with Crippen molar-refractivity contribution in [3.8, 4) is 0 Å². The minimum absolute atomic E-state index is 1.00. The molecule has 1 nitrogen and oxygen atoms in total. The van der Waals surface area contributed by atoms with Crippen molar-refractivity contribution >= 4 is 0 Å². The summed E-state index contributed by atoms with van der Waals surface area (Å²) in [7, 11) is 0. The maximum atomic E-state index is 3.48. The van der Waals surface area contributed by atoms with E-state index in [1.165, 1.54) is 32.4 Å². The fourth-order valence-electron chi connectivity index (χ4n) is 2.53. The molecule has 1 heteroatoms. The quantitative estimate of drug-likeness (QED) is 0.538. The maximum absolute atomic E-state index is 3.48. The van der Waals surface area contributed by atoms with Gasteiger partial charge in [-0.05, 0) is 43.7 Å². The zero-order valence-electron chi connectivity index (χ0n) is 6.77. The van der Waals surface area contributed by atoms with Gasteiger partial charge in [-0.1, -0.05) is 13.3 Å². The molecule has 0 spiro atoms. The summed E-state index contributed by atoms with van der Waals surface area (Å²) in [5.74, 6) is 3.07. The van der Waals surface area contributed by atoms with Crippen LogP contribution in [0.5, 0.6) is 0 Å². The molecular formula is C9H17N. The van der Waals surface area contributed by atoms with Crippen molar-refractivity contribution < 1.29 is 0 Å². The minimum Gasteiger partial charge on any atom is -0.316 e. The smallest absolute Gasteiger partial charge is 0.00172 e. The largest absolute Gasteiger partial charge is 0.316 e. The second kappa shape index (κ2) is 2.54. The summed E-state index contributed by atoms with van der Waals surface area (Å²) in [6, 6.07) is 0. The molecule has 1 heterocycles. The average molecular weight is 139 g/mol. The van der Waals surface area contributed by atoms with Gasteiger partial charge in [0.2, 0.25) is 0 Å². The minimum atomic E-state index is 1.00. The molecule has 1 saturated carbocycles. The monoisotopic (exact) mass is 139 g/mol. The van der Waals surface area contributed by atoms with Gasteiger partial charge in [-0.3, -0.25) is 0 Å². The third-order valence-electron chi connectivity index (χ3n) is 3.22. The van der Waals surface area contributed by atoms with Gasteiger partial charge in [0, 0.05) is 0 Å². The molecule has 3 atom stereocenters. The fraction of sp³-hybridized carbons (Fsp3) is 1.00. The molecular weight excluding hydrogens is 122 g/mol. The van der Waals surface area contributed by atoms with Crippen molar-refractivity contribution in [1.82, 2.24) is 5.32 Å². The number of fused-ring (bicyclic) bond motifs is 1. The standard InChI is InChI=1S/C9H17N/c1-7-2-3-8-5-10-6-9(8)4-7/h7-10H,2-6H2,1H3/t7?,8-,9-/m1/s1. The Balaban J connectivity index is 1.96. The van der Waals surface area contributed by atoms with E-state index in [2.05, 4.69) is 12.2 Å². The molecule has 0 radical (unpaired) electrons. The summed E-state index contributed by atoms with van der Waals surface area (Å²) < 4.78 is 0. The van der Waals surface area contributed by atoms with Gasteiger partial charge in [0.25, 0.3) is 0 Å². The van der Waals surface area contributed by atoms with Crippen molar-refractivity contribution in [2.24, 2.45) is 17.8 Å².